The van der Waals surface area contributed by atoms with Gasteiger partial charge in [0.25, 0.3) is 0 Å². The molecule has 34 heavy (non-hydrogen) atoms. The van der Waals surface area contributed by atoms with Crippen LogP contribution in [0.25, 0.3) is 0 Å². The van der Waals surface area contributed by atoms with Crippen molar-refractivity contribution in [1.82, 2.24) is 5.32 Å². The molecule has 7 heteroatoms. The molecule has 4 fully saturated rings. The Labute approximate surface area is 203 Å². The number of aldehydes is 1. The zero-order chi connectivity index (χ0) is 24.5. The number of carboxylic acids is 1. The van der Waals surface area contributed by atoms with Gasteiger partial charge in [-0.25, -0.2) is 0 Å². The van der Waals surface area contributed by atoms with Gasteiger partial charge in [-0.3, -0.25) is 4.79 Å². The number of ether oxygens (including phenoxy) is 3. The van der Waals surface area contributed by atoms with E-state index in [1.165, 1.54) is 0 Å². The van der Waals surface area contributed by atoms with Gasteiger partial charge in [0.05, 0.1) is 24.2 Å². The summed E-state index contributed by atoms with van der Waals surface area (Å²) < 4.78 is 18.2. The Balaban J connectivity index is 1.55. The van der Waals surface area contributed by atoms with Crippen LogP contribution >= 0.6 is 0 Å². The first kappa shape index (κ1) is 24.4. The summed E-state index contributed by atoms with van der Waals surface area (Å²) in [6, 6.07) is 0. The quantitative estimate of drug-likeness (QED) is 0.431. The minimum atomic E-state index is -1.20. The molecule has 0 radical (unpaired) electrons. The van der Waals surface area contributed by atoms with E-state index in [1.807, 2.05) is 6.92 Å². The molecule has 0 aromatic heterocycles. The number of aliphatic carboxylic acids is 1. The average Bonchev–Trinajstić information content (AvgIpc) is 3.30. The minimum absolute atomic E-state index is 0.0342. The van der Waals surface area contributed by atoms with E-state index in [0.29, 0.717) is 38.0 Å². The predicted octanol–water partition coefficient (Wildman–Crippen LogP) is 3.28. The van der Waals surface area contributed by atoms with Gasteiger partial charge >= 0.3 is 5.97 Å². The maximum absolute atomic E-state index is 13.5. The molecule has 5 rings (SSSR count). The van der Waals surface area contributed by atoms with Crippen molar-refractivity contribution in [1.29, 1.82) is 0 Å². The van der Waals surface area contributed by atoms with E-state index in [0.717, 1.165) is 31.1 Å². The maximum atomic E-state index is 13.5. The molecule has 5 aliphatic rings. The van der Waals surface area contributed by atoms with E-state index in [4.69, 9.17) is 14.2 Å². The van der Waals surface area contributed by atoms with Crippen molar-refractivity contribution in [3.8, 4) is 0 Å². The van der Waals surface area contributed by atoms with Crippen LogP contribution < -0.4 is 5.32 Å². The van der Waals surface area contributed by atoms with Crippen molar-refractivity contribution in [3.05, 3.63) is 11.6 Å². The first-order chi connectivity index (χ1) is 16.2. The minimum Gasteiger partial charge on any atom is -0.481 e. The third-order valence-electron chi connectivity index (χ3n) is 10.5. The number of allylic oxidation sites excluding steroid dienone is 1. The summed E-state index contributed by atoms with van der Waals surface area (Å²) in [5.74, 6) is 0.244. The highest BCUT2D eigenvalue weighted by atomic mass is 16.7. The molecule has 1 aliphatic heterocycles. The van der Waals surface area contributed by atoms with Crippen molar-refractivity contribution < 1.29 is 28.9 Å². The summed E-state index contributed by atoms with van der Waals surface area (Å²) in [6.07, 6.45) is 6.03. The number of carbonyl (C=O) groups is 2. The summed E-state index contributed by atoms with van der Waals surface area (Å²) in [5, 5.41) is 14.4. The van der Waals surface area contributed by atoms with E-state index in [1.54, 1.807) is 7.11 Å². The lowest BCUT2D eigenvalue weighted by Crippen LogP contribution is -2.63. The second-order valence-corrected chi connectivity index (χ2v) is 12.0. The van der Waals surface area contributed by atoms with Gasteiger partial charge in [0.15, 0.2) is 6.29 Å². The molecule has 1 saturated heterocycles. The fourth-order valence-corrected chi connectivity index (χ4v) is 9.13. The highest BCUT2D eigenvalue weighted by Crippen LogP contribution is 2.82. The van der Waals surface area contributed by atoms with Crippen LogP contribution in [0.3, 0.4) is 0 Å². The molecular formula is C27H41NO6. The normalized spacial score (nSPS) is 49.6. The smallest absolute Gasteiger partial charge is 0.315 e. The zero-order valence-corrected chi connectivity index (χ0v) is 21.2. The first-order valence-corrected chi connectivity index (χ1v) is 13.1. The number of carbonyl (C=O) groups excluding carboxylic acids is 1. The standard InChI is InChI=1S/C27H41NO6/c1-15(2)21-8-18-9-25(13-29)20-7-6-16(3)19(20)10-26(18,27(21,25)24(30)31)14-33-23-12-28-11-22(32-5)17(4)34-23/h8,13,15-20,22-23,28H,6-7,9-12,14H2,1-5H3,(H,30,31)/t16-,17-,18?,19-,20-,22+,23-,25+,26?,27+/m1/s1. The van der Waals surface area contributed by atoms with Crippen molar-refractivity contribution in [3.63, 3.8) is 0 Å². The van der Waals surface area contributed by atoms with E-state index in [2.05, 4.69) is 32.2 Å². The van der Waals surface area contributed by atoms with Crippen LogP contribution in [0.1, 0.15) is 53.4 Å². The lowest BCUT2D eigenvalue weighted by molar-refractivity contribution is -0.218. The largest absolute Gasteiger partial charge is 0.481 e. The molecule has 2 unspecified atom stereocenters. The van der Waals surface area contributed by atoms with E-state index < -0.39 is 28.5 Å². The van der Waals surface area contributed by atoms with Gasteiger partial charge < -0.3 is 29.4 Å². The van der Waals surface area contributed by atoms with E-state index >= 15 is 0 Å². The molecule has 4 bridgehead atoms. The van der Waals surface area contributed by atoms with Crippen LogP contribution in [0.2, 0.25) is 0 Å². The van der Waals surface area contributed by atoms with Crippen LogP contribution in [0.15, 0.2) is 11.6 Å². The van der Waals surface area contributed by atoms with Crippen LogP contribution in [0, 0.1) is 45.8 Å². The average molecular weight is 476 g/mol. The van der Waals surface area contributed by atoms with Gasteiger partial charge in [0.2, 0.25) is 0 Å². The van der Waals surface area contributed by atoms with Crippen molar-refractivity contribution in [2.24, 2.45) is 45.8 Å². The number of rotatable bonds is 7. The zero-order valence-electron chi connectivity index (χ0n) is 21.2. The van der Waals surface area contributed by atoms with Crippen molar-refractivity contribution >= 4 is 12.3 Å². The number of fused-ring (bicyclic) bond motifs is 2. The molecule has 0 aromatic carbocycles. The predicted molar refractivity (Wildman–Crippen MR) is 126 cm³/mol. The molecular weight excluding hydrogens is 434 g/mol. The fraction of sp³-hybridized carbons (Fsp3) is 0.852. The van der Waals surface area contributed by atoms with E-state index in [9.17, 15) is 14.7 Å². The summed E-state index contributed by atoms with van der Waals surface area (Å²) in [5.41, 5.74) is -1.74. The van der Waals surface area contributed by atoms with Gasteiger partial charge in [-0.15, -0.1) is 0 Å². The highest BCUT2D eigenvalue weighted by Gasteiger charge is 2.84. The molecule has 1 heterocycles. The monoisotopic (exact) mass is 475 g/mol. The first-order valence-electron chi connectivity index (χ1n) is 13.1. The third-order valence-corrected chi connectivity index (χ3v) is 10.5. The number of hydrogen-bond donors (Lipinski definition) is 2. The molecule has 0 spiro atoms. The number of methoxy groups -OCH3 is 1. The molecule has 7 nitrogen and oxygen atoms in total. The second kappa shape index (κ2) is 8.39. The third kappa shape index (κ3) is 2.90. The summed E-state index contributed by atoms with van der Waals surface area (Å²) in [4.78, 5) is 26.6. The fourth-order valence-electron chi connectivity index (χ4n) is 9.13. The Kier molecular flexibility index (Phi) is 6.03. The van der Waals surface area contributed by atoms with Crippen LogP contribution in [-0.2, 0) is 23.8 Å². The lowest BCUT2D eigenvalue weighted by atomic mass is 9.43. The molecule has 10 atom stereocenters. The Morgan fingerprint density at radius 2 is 2.06 bits per heavy atom. The van der Waals surface area contributed by atoms with Gasteiger partial charge in [0.1, 0.15) is 11.7 Å². The molecule has 190 valence electrons. The van der Waals surface area contributed by atoms with Crippen LogP contribution in [-0.4, -0.2) is 62.7 Å². The SMILES string of the molecule is CO[C@H]1CNC[C@H](OCC23C[C@@H]4[C@H](C)CC[C@H]4[C@@]4(C=O)CC2C=C(C(C)C)[C@@]34C(=O)O)O[C@@H]1C. The Morgan fingerprint density at radius 1 is 1.29 bits per heavy atom. The molecule has 3 saturated carbocycles. The van der Waals surface area contributed by atoms with Gasteiger partial charge in [0, 0.05) is 25.6 Å². The summed E-state index contributed by atoms with van der Waals surface area (Å²) >= 11 is 0. The maximum Gasteiger partial charge on any atom is 0.315 e. The van der Waals surface area contributed by atoms with E-state index in [-0.39, 0.29) is 30.0 Å². The summed E-state index contributed by atoms with van der Waals surface area (Å²) in [6.45, 7) is 9.89. The van der Waals surface area contributed by atoms with Crippen molar-refractivity contribution in [2.45, 2.75) is 71.9 Å². The van der Waals surface area contributed by atoms with Crippen LogP contribution in [0.5, 0.6) is 0 Å². The lowest BCUT2D eigenvalue weighted by Gasteiger charge is -2.58. The molecule has 4 aliphatic carbocycles. The van der Waals surface area contributed by atoms with Gasteiger partial charge in [-0.1, -0.05) is 38.8 Å². The number of nitrogens with one attached hydrogen (secondary N) is 1. The molecule has 2 N–H and O–H groups in total. The Hall–Kier alpha value is -1.28. The van der Waals surface area contributed by atoms with Crippen LogP contribution in [0.4, 0.5) is 0 Å². The van der Waals surface area contributed by atoms with Gasteiger partial charge in [-0.05, 0) is 55.8 Å². The second-order valence-electron chi connectivity index (χ2n) is 12.0. The summed E-state index contributed by atoms with van der Waals surface area (Å²) in [7, 11) is 1.68. The number of hydrogen-bond acceptors (Lipinski definition) is 6. The molecule has 0 aromatic rings. The van der Waals surface area contributed by atoms with Gasteiger partial charge in [-0.2, -0.15) is 0 Å². The van der Waals surface area contributed by atoms with Crippen molar-refractivity contribution in [2.75, 3.05) is 26.8 Å². The molecule has 0 amide bonds. The Bertz CT molecular complexity index is 873. The Morgan fingerprint density at radius 3 is 2.71 bits per heavy atom. The highest BCUT2D eigenvalue weighted by molar-refractivity contribution is 5.90. The number of carboxylic acid groups (broad SMARTS) is 1. The topological polar surface area (TPSA) is 94.1 Å².